The van der Waals surface area contributed by atoms with Crippen LogP contribution in [0.15, 0.2) is 54.6 Å². The van der Waals surface area contributed by atoms with Gasteiger partial charge in [0.05, 0.1) is 24.3 Å². The number of anilines is 1. The summed E-state index contributed by atoms with van der Waals surface area (Å²) in [5.41, 5.74) is 0.317. The highest BCUT2D eigenvalue weighted by molar-refractivity contribution is 6.31. The highest BCUT2D eigenvalue weighted by Crippen LogP contribution is 2.59. The van der Waals surface area contributed by atoms with Gasteiger partial charge in [-0.1, -0.05) is 53.0 Å². The van der Waals surface area contributed by atoms with Crippen LogP contribution in [0.4, 0.5) is 10.1 Å². The molecule has 3 aromatic rings. The summed E-state index contributed by atoms with van der Waals surface area (Å²) < 4.78 is 27.5. The molecule has 10 heteroatoms. The quantitative estimate of drug-likeness (QED) is 0.361. The van der Waals surface area contributed by atoms with Gasteiger partial charge in [0.2, 0.25) is 11.8 Å². The number of hydrogen-bond acceptors (Lipinski definition) is 4. The van der Waals surface area contributed by atoms with E-state index in [1.54, 1.807) is 48.5 Å². The topological polar surface area (TPSA) is 76.7 Å². The van der Waals surface area contributed by atoms with Crippen molar-refractivity contribution in [2.24, 2.45) is 0 Å². The second kappa shape index (κ2) is 10.3. The van der Waals surface area contributed by atoms with Gasteiger partial charge in [0.25, 0.3) is 0 Å². The second-order valence-corrected chi connectivity index (χ2v) is 11.3. The lowest BCUT2D eigenvalue weighted by molar-refractivity contribution is -0.131. The first-order chi connectivity index (χ1) is 18.8. The summed E-state index contributed by atoms with van der Waals surface area (Å²) in [6.07, 6.45) is 1.14. The SMILES string of the molecule is O=C1C[C@@H](c2cccc(Cl)c2F)[C@]2(C(=O)Nc3cc(Cl)ccc32)[C@H](c2cc(Cl)ccc2OC2CCOCC2)N1. The maximum atomic E-state index is 15.6. The molecule has 0 aromatic heterocycles. The molecule has 39 heavy (non-hydrogen) atoms. The van der Waals surface area contributed by atoms with Crippen molar-refractivity contribution in [3.63, 3.8) is 0 Å². The third kappa shape index (κ3) is 4.45. The molecule has 0 radical (unpaired) electrons. The fraction of sp³-hybridized carbons (Fsp3) is 0.310. The molecule has 6 nitrogen and oxygen atoms in total. The van der Waals surface area contributed by atoms with Gasteiger partial charge < -0.3 is 20.1 Å². The second-order valence-electron chi connectivity index (χ2n) is 10.0. The number of fused-ring (bicyclic) bond motifs is 2. The van der Waals surface area contributed by atoms with Crippen molar-refractivity contribution in [2.45, 2.75) is 42.7 Å². The third-order valence-corrected chi connectivity index (χ3v) is 8.61. The Balaban J connectivity index is 1.59. The number of carbonyl (C=O) groups is 2. The first-order valence-corrected chi connectivity index (χ1v) is 13.8. The van der Waals surface area contributed by atoms with Crippen molar-refractivity contribution in [1.82, 2.24) is 5.32 Å². The average molecular weight is 590 g/mol. The molecular weight excluding hydrogens is 566 g/mol. The van der Waals surface area contributed by atoms with Crippen LogP contribution in [0.25, 0.3) is 0 Å². The van der Waals surface area contributed by atoms with Gasteiger partial charge in [-0.3, -0.25) is 9.59 Å². The van der Waals surface area contributed by atoms with Crippen molar-refractivity contribution >= 4 is 52.3 Å². The summed E-state index contributed by atoms with van der Waals surface area (Å²) in [5.74, 6) is -1.82. The number of rotatable bonds is 4. The number of amides is 2. The molecule has 2 saturated heterocycles. The maximum absolute atomic E-state index is 15.6. The first kappa shape index (κ1) is 26.4. The third-order valence-electron chi connectivity index (χ3n) is 7.85. The van der Waals surface area contributed by atoms with E-state index >= 15 is 4.39 Å². The zero-order chi connectivity index (χ0) is 27.3. The van der Waals surface area contributed by atoms with Crippen LogP contribution in [-0.4, -0.2) is 31.1 Å². The number of benzene rings is 3. The number of nitrogens with one attached hydrogen (secondary N) is 2. The minimum atomic E-state index is -1.46. The normalized spacial score (nSPS) is 24.8. The molecule has 3 aliphatic heterocycles. The van der Waals surface area contributed by atoms with Crippen molar-refractivity contribution in [3.8, 4) is 5.75 Å². The van der Waals surface area contributed by atoms with E-state index in [1.807, 2.05) is 0 Å². The lowest BCUT2D eigenvalue weighted by Gasteiger charge is -2.46. The molecule has 202 valence electrons. The Morgan fingerprint density at radius 1 is 0.949 bits per heavy atom. The van der Waals surface area contributed by atoms with Gasteiger partial charge in [0.15, 0.2) is 0 Å². The van der Waals surface area contributed by atoms with Crippen molar-refractivity contribution in [3.05, 3.63) is 92.2 Å². The summed E-state index contributed by atoms with van der Waals surface area (Å²) in [6, 6.07) is 13.9. The van der Waals surface area contributed by atoms with E-state index in [2.05, 4.69) is 10.6 Å². The monoisotopic (exact) mass is 588 g/mol. The molecule has 3 aromatic carbocycles. The van der Waals surface area contributed by atoms with E-state index in [9.17, 15) is 9.59 Å². The standard InChI is InChI=1S/C29H24Cl3FN2O4/c30-15-5-7-24(39-17-8-10-38-11-9-17)19(12-15)27-29(20-6-4-16(31)13-23(20)34-28(29)37)21(14-25(36)35-27)18-2-1-3-22(32)26(18)33/h1-7,12-13,17,21,27H,8-11,14H2,(H,34,37)(H,35,36)/t21-,27-,29-/m0/s1. The molecule has 0 aliphatic carbocycles. The Hall–Kier alpha value is -2.84. The van der Waals surface area contributed by atoms with Crippen molar-refractivity contribution in [1.29, 1.82) is 0 Å². The summed E-state index contributed by atoms with van der Waals surface area (Å²) in [4.78, 5) is 27.5. The zero-order valence-electron chi connectivity index (χ0n) is 20.6. The minimum absolute atomic E-state index is 0.0915. The minimum Gasteiger partial charge on any atom is -0.490 e. The van der Waals surface area contributed by atoms with Crippen LogP contribution >= 0.6 is 34.8 Å². The van der Waals surface area contributed by atoms with Gasteiger partial charge in [0.1, 0.15) is 23.1 Å². The molecule has 0 unspecified atom stereocenters. The van der Waals surface area contributed by atoms with Gasteiger partial charge >= 0.3 is 0 Å². The number of carbonyl (C=O) groups excluding carboxylic acids is 2. The predicted octanol–water partition coefficient (Wildman–Crippen LogP) is 6.58. The highest BCUT2D eigenvalue weighted by atomic mass is 35.5. The molecule has 2 fully saturated rings. The van der Waals surface area contributed by atoms with Crippen molar-refractivity contribution < 1.29 is 23.5 Å². The van der Waals surface area contributed by atoms with Crippen LogP contribution in [-0.2, 0) is 19.7 Å². The number of ether oxygens (including phenoxy) is 2. The Morgan fingerprint density at radius 3 is 2.49 bits per heavy atom. The molecule has 3 heterocycles. The van der Waals surface area contributed by atoms with Crippen molar-refractivity contribution in [2.75, 3.05) is 18.5 Å². The van der Waals surface area contributed by atoms with E-state index < -0.39 is 29.1 Å². The summed E-state index contributed by atoms with van der Waals surface area (Å²) in [7, 11) is 0. The van der Waals surface area contributed by atoms with Crippen LogP contribution in [0.3, 0.4) is 0 Å². The maximum Gasteiger partial charge on any atom is 0.238 e. The van der Waals surface area contributed by atoms with Gasteiger partial charge in [0, 0.05) is 46.5 Å². The van der Waals surface area contributed by atoms with Gasteiger partial charge in [-0.05, 0) is 47.5 Å². The Labute approximate surface area is 239 Å². The molecule has 2 N–H and O–H groups in total. The first-order valence-electron chi connectivity index (χ1n) is 12.7. The van der Waals surface area contributed by atoms with Gasteiger partial charge in [-0.2, -0.15) is 0 Å². The van der Waals surface area contributed by atoms with E-state index in [0.717, 1.165) is 0 Å². The number of hydrogen-bond donors (Lipinski definition) is 2. The summed E-state index contributed by atoms with van der Waals surface area (Å²) >= 11 is 19.0. The molecular formula is C29H24Cl3FN2O4. The fourth-order valence-electron chi connectivity index (χ4n) is 6.14. The largest absolute Gasteiger partial charge is 0.490 e. The average Bonchev–Trinajstić information content (AvgIpc) is 3.19. The molecule has 1 spiro atoms. The molecule has 0 bridgehead atoms. The van der Waals surface area contributed by atoms with Crippen LogP contribution < -0.4 is 15.4 Å². The van der Waals surface area contributed by atoms with Gasteiger partial charge in [-0.15, -0.1) is 0 Å². The van der Waals surface area contributed by atoms with E-state index in [-0.39, 0.29) is 29.0 Å². The zero-order valence-corrected chi connectivity index (χ0v) is 22.9. The molecule has 2 amide bonds. The predicted molar refractivity (Wildman–Crippen MR) is 147 cm³/mol. The van der Waals surface area contributed by atoms with E-state index in [0.29, 0.717) is 58.7 Å². The Bertz CT molecular complexity index is 1480. The van der Waals surface area contributed by atoms with Crippen LogP contribution in [0.1, 0.15) is 47.9 Å². The smallest absolute Gasteiger partial charge is 0.238 e. The van der Waals surface area contributed by atoms with Crippen LogP contribution in [0.2, 0.25) is 15.1 Å². The molecule has 0 saturated carbocycles. The van der Waals surface area contributed by atoms with E-state index in [4.69, 9.17) is 44.3 Å². The van der Waals surface area contributed by atoms with E-state index in [1.165, 1.54) is 6.07 Å². The molecule has 3 atom stereocenters. The Morgan fingerprint density at radius 2 is 1.69 bits per heavy atom. The molecule has 6 rings (SSSR count). The lowest BCUT2D eigenvalue weighted by atomic mass is 9.59. The molecule has 3 aliphatic rings. The van der Waals surface area contributed by atoms with Crippen LogP contribution in [0, 0.1) is 5.82 Å². The van der Waals surface area contributed by atoms with Gasteiger partial charge in [-0.25, -0.2) is 4.39 Å². The summed E-state index contributed by atoms with van der Waals surface area (Å²) in [5, 5.41) is 6.72. The van der Waals surface area contributed by atoms with Crippen LogP contribution in [0.5, 0.6) is 5.75 Å². The number of piperidine rings is 1. The Kier molecular flexibility index (Phi) is 6.96. The number of halogens is 4. The lowest BCUT2D eigenvalue weighted by Crippen LogP contribution is -2.57. The highest BCUT2D eigenvalue weighted by Gasteiger charge is 2.62. The fourth-order valence-corrected chi connectivity index (χ4v) is 6.67. The summed E-state index contributed by atoms with van der Waals surface area (Å²) in [6.45, 7) is 1.15.